The summed E-state index contributed by atoms with van der Waals surface area (Å²) in [5.74, 6) is 4.10. The van der Waals surface area contributed by atoms with Gasteiger partial charge in [0.1, 0.15) is 17.5 Å². The van der Waals surface area contributed by atoms with E-state index >= 15 is 0 Å². The smallest absolute Gasteiger partial charge is 0.134 e. The predicted molar refractivity (Wildman–Crippen MR) is 75.6 cm³/mol. The van der Waals surface area contributed by atoms with Gasteiger partial charge in [-0.2, -0.15) is 0 Å². The number of aromatic nitrogens is 2. The summed E-state index contributed by atoms with van der Waals surface area (Å²) in [6.45, 7) is 3.90. The van der Waals surface area contributed by atoms with Crippen LogP contribution in [0.2, 0.25) is 0 Å². The molecule has 2 heterocycles. The molecule has 5 nitrogen and oxygen atoms in total. The van der Waals surface area contributed by atoms with Crippen molar-refractivity contribution in [3.63, 3.8) is 0 Å². The van der Waals surface area contributed by atoms with Crippen LogP contribution in [0.25, 0.3) is 0 Å². The number of hydrogen-bond acceptors (Lipinski definition) is 5. The normalized spacial score (nSPS) is 23.7. The summed E-state index contributed by atoms with van der Waals surface area (Å²) in [7, 11) is 1.24. The highest BCUT2D eigenvalue weighted by atomic mass is 32.2. The second-order valence-corrected chi connectivity index (χ2v) is 6.31. The van der Waals surface area contributed by atoms with Crippen molar-refractivity contribution < 1.29 is 4.21 Å². The molecule has 1 saturated heterocycles. The van der Waals surface area contributed by atoms with Crippen LogP contribution in [-0.4, -0.2) is 38.8 Å². The van der Waals surface area contributed by atoms with Crippen LogP contribution < -0.4 is 10.6 Å². The lowest BCUT2D eigenvalue weighted by Gasteiger charge is -2.24. The van der Waals surface area contributed by atoms with Crippen LogP contribution in [-0.2, 0) is 10.8 Å². The van der Waals surface area contributed by atoms with E-state index in [4.69, 9.17) is 0 Å². The van der Waals surface area contributed by atoms with Crippen molar-refractivity contribution in [2.75, 3.05) is 29.2 Å². The quantitative estimate of drug-likeness (QED) is 0.868. The van der Waals surface area contributed by atoms with Gasteiger partial charge in [0.2, 0.25) is 0 Å². The average molecular weight is 268 g/mol. The SMILES string of the molecule is CNc1nc(C)nc(NC2CCS(=O)CC2)c1C. The van der Waals surface area contributed by atoms with E-state index in [1.54, 1.807) is 0 Å². The largest absolute Gasteiger partial charge is 0.373 e. The molecule has 0 amide bonds. The fourth-order valence-corrected chi connectivity index (χ4v) is 3.44. The number of rotatable bonds is 3. The summed E-state index contributed by atoms with van der Waals surface area (Å²) >= 11 is 0. The van der Waals surface area contributed by atoms with Gasteiger partial charge in [-0.15, -0.1) is 0 Å². The highest BCUT2D eigenvalue weighted by Gasteiger charge is 2.19. The Bertz CT molecular complexity index is 454. The maximum Gasteiger partial charge on any atom is 0.134 e. The molecular weight excluding hydrogens is 248 g/mol. The zero-order chi connectivity index (χ0) is 13.1. The van der Waals surface area contributed by atoms with Crippen molar-refractivity contribution >= 4 is 22.4 Å². The summed E-state index contributed by atoms with van der Waals surface area (Å²) in [5, 5.41) is 6.54. The molecule has 1 aliphatic rings. The monoisotopic (exact) mass is 268 g/mol. The van der Waals surface area contributed by atoms with Gasteiger partial charge >= 0.3 is 0 Å². The second-order valence-electron chi connectivity index (χ2n) is 4.61. The Balaban J connectivity index is 2.13. The zero-order valence-corrected chi connectivity index (χ0v) is 11.9. The molecule has 1 aromatic heterocycles. The first kappa shape index (κ1) is 13.3. The lowest BCUT2D eigenvalue weighted by molar-refractivity contribution is 0.622. The molecule has 0 bridgehead atoms. The number of nitrogens with zero attached hydrogens (tertiary/aromatic N) is 2. The standard InChI is InChI=1S/C12H20N4OS/c1-8-11(13-3)14-9(2)15-12(8)16-10-4-6-18(17)7-5-10/h10H,4-7H2,1-3H3,(H2,13,14,15,16). The molecule has 0 aliphatic carbocycles. The van der Waals surface area contributed by atoms with Crippen LogP contribution in [0, 0.1) is 13.8 Å². The molecule has 0 unspecified atom stereocenters. The van der Waals surface area contributed by atoms with Crippen LogP contribution in [0.4, 0.5) is 11.6 Å². The van der Waals surface area contributed by atoms with Gasteiger partial charge in [-0.05, 0) is 26.7 Å². The lowest BCUT2D eigenvalue weighted by Crippen LogP contribution is -2.30. The van der Waals surface area contributed by atoms with E-state index in [0.29, 0.717) is 6.04 Å². The van der Waals surface area contributed by atoms with Gasteiger partial charge in [-0.3, -0.25) is 4.21 Å². The van der Waals surface area contributed by atoms with Gasteiger partial charge in [0.05, 0.1) is 0 Å². The third-order valence-electron chi connectivity index (χ3n) is 3.22. The molecule has 0 aromatic carbocycles. The summed E-state index contributed by atoms with van der Waals surface area (Å²) in [6, 6.07) is 0.375. The van der Waals surface area contributed by atoms with Gasteiger partial charge < -0.3 is 10.6 Å². The van der Waals surface area contributed by atoms with E-state index in [1.807, 2.05) is 20.9 Å². The Kier molecular flexibility index (Phi) is 4.16. The van der Waals surface area contributed by atoms with Crippen molar-refractivity contribution in [2.24, 2.45) is 0 Å². The Hall–Kier alpha value is -1.17. The molecule has 100 valence electrons. The van der Waals surface area contributed by atoms with E-state index in [2.05, 4.69) is 20.6 Å². The van der Waals surface area contributed by atoms with Crippen molar-refractivity contribution in [2.45, 2.75) is 32.7 Å². The third kappa shape index (κ3) is 2.98. The Morgan fingerprint density at radius 2 is 1.78 bits per heavy atom. The number of anilines is 2. The zero-order valence-electron chi connectivity index (χ0n) is 11.1. The third-order valence-corrected chi connectivity index (χ3v) is 4.61. The van der Waals surface area contributed by atoms with Crippen LogP contribution in [0.15, 0.2) is 0 Å². The molecule has 18 heavy (non-hydrogen) atoms. The van der Waals surface area contributed by atoms with Crippen molar-refractivity contribution in [1.82, 2.24) is 9.97 Å². The highest BCUT2D eigenvalue weighted by molar-refractivity contribution is 7.85. The molecule has 1 aliphatic heterocycles. The first-order chi connectivity index (χ1) is 8.60. The van der Waals surface area contributed by atoms with Gasteiger partial charge in [0.15, 0.2) is 0 Å². The Morgan fingerprint density at radius 3 is 2.39 bits per heavy atom. The Labute approximate surface area is 110 Å². The molecule has 1 aromatic rings. The maximum absolute atomic E-state index is 11.3. The molecule has 0 radical (unpaired) electrons. The van der Waals surface area contributed by atoms with Crippen LogP contribution in [0.3, 0.4) is 0 Å². The number of nitrogens with one attached hydrogen (secondary N) is 2. The molecule has 0 saturated carbocycles. The van der Waals surface area contributed by atoms with E-state index < -0.39 is 10.8 Å². The second kappa shape index (κ2) is 5.65. The fourth-order valence-electron chi connectivity index (χ4n) is 2.14. The summed E-state index contributed by atoms with van der Waals surface area (Å²) < 4.78 is 11.3. The van der Waals surface area contributed by atoms with E-state index in [9.17, 15) is 4.21 Å². The minimum absolute atomic E-state index is 0.375. The molecule has 2 rings (SSSR count). The van der Waals surface area contributed by atoms with E-state index in [-0.39, 0.29) is 0 Å². The molecule has 0 spiro atoms. The Morgan fingerprint density at radius 1 is 1.17 bits per heavy atom. The van der Waals surface area contributed by atoms with E-state index in [1.165, 1.54) is 0 Å². The molecule has 6 heteroatoms. The van der Waals surface area contributed by atoms with Gasteiger partial charge in [-0.25, -0.2) is 9.97 Å². The van der Waals surface area contributed by atoms with E-state index in [0.717, 1.165) is 47.4 Å². The molecule has 0 atom stereocenters. The molecule has 2 N–H and O–H groups in total. The van der Waals surface area contributed by atoms with Crippen molar-refractivity contribution in [1.29, 1.82) is 0 Å². The summed E-state index contributed by atoms with van der Waals surface area (Å²) in [6.07, 6.45) is 1.90. The summed E-state index contributed by atoms with van der Waals surface area (Å²) in [5.41, 5.74) is 1.04. The molecule has 1 fully saturated rings. The van der Waals surface area contributed by atoms with Gasteiger partial charge in [0.25, 0.3) is 0 Å². The van der Waals surface area contributed by atoms with Crippen LogP contribution >= 0.6 is 0 Å². The first-order valence-corrected chi connectivity index (χ1v) is 7.73. The maximum atomic E-state index is 11.3. The van der Waals surface area contributed by atoms with Crippen molar-refractivity contribution in [3.05, 3.63) is 11.4 Å². The van der Waals surface area contributed by atoms with Crippen LogP contribution in [0.1, 0.15) is 24.2 Å². The first-order valence-electron chi connectivity index (χ1n) is 6.24. The lowest BCUT2D eigenvalue weighted by atomic mass is 10.1. The predicted octanol–water partition coefficient (Wildman–Crippen LogP) is 1.46. The van der Waals surface area contributed by atoms with Crippen LogP contribution in [0.5, 0.6) is 0 Å². The number of hydrogen-bond donors (Lipinski definition) is 2. The average Bonchev–Trinajstić information content (AvgIpc) is 2.36. The van der Waals surface area contributed by atoms with Crippen molar-refractivity contribution in [3.8, 4) is 0 Å². The fraction of sp³-hybridized carbons (Fsp3) is 0.667. The highest BCUT2D eigenvalue weighted by Crippen LogP contribution is 2.22. The van der Waals surface area contributed by atoms with Gasteiger partial charge in [0, 0.05) is 41.0 Å². The topological polar surface area (TPSA) is 66.9 Å². The number of aryl methyl sites for hydroxylation is 1. The minimum Gasteiger partial charge on any atom is -0.373 e. The molecular formula is C12H20N4OS. The summed E-state index contributed by atoms with van der Waals surface area (Å²) in [4.78, 5) is 8.80. The van der Waals surface area contributed by atoms with Gasteiger partial charge in [-0.1, -0.05) is 0 Å². The minimum atomic E-state index is -0.620.